The lowest BCUT2D eigenvalue weighted by atomic mass is 10.0. The molecule has 1 saturated heterocycles. The van der Waals surface area contributed by atoms with Gasteiger partial charge in [-0.05, 0) is 111 Å². The zero-order valence-corrected chi connectivity index (χ0v) is 21.6. The molecule has 1 atom stereocenters. The molecule has 6 rings (SSSR count). The van der Waals surface area contributed by atoms with Crippen molar-refractivity contribution in [2.24, 2.45) is 0 Å². The summed E-state index contributed by atoms with van der Waals surface area (Å²) < 4.78 is 0. The van der Waals surface area contributed by atoms with Crippen LogP contribution in [0, 0.1) is 0 Å². The predicted octanol–water partition coefficient (Wildman–Crippen LogP) is 4.44. The molecule has 3 aromatic rings. The third kappa shape index (κ3) is 5.27. The van der Waals surface area contributed by atoms with E-state index in [1.54, 1.807) is 6.07 Å². The van der Waals surface area contributed by atoms with Gasteiger partial charge < -0.3 is 10.2 Å². The lowest BCUT2D eigenvalue weighted by Gasteiger charge is -2.25. The Morgan fingerprint density at radius 3 is 2.42 bits per heavy atom. The van der Waals surface area contributed by atoms with Crippen LogP contribution in [0.2, 0.25) is 0 Å². The van der Waals surface area contributed by atoms with Gasteiger partial charge in [0.2, 0.25) is 0 Å². The molecule has 8 nitrogen and oxygen atoms in total. The maximum atomic E-state index is 12.7. The molecule has 2 aromatic carbocycles. The number of anilines is 1. The Morgan fingerprint density at radius 1 is 0.763 bits per heavy atom. The minimum atomic E-state index is -0.501. The third-order valence-electron chi connectivity index (χ3n) is 8.17. The summed E-state index contributed by atoms with van der Waals surface area (Å²) in [6, 6.07) is 16.3. The lowest BCUT2D eigenvalue weighted by molar-refractivity contribution is 0.0931. The monoisotopic (exact) mass is 510 g/mol. The maximum Gasteiger partial charge on any atom is 0.337 e. The fourth-order valence-corrected chi connectivity index (χ4v) is 6.18. The molecule has 0 bridgehead atoms. The molecule has 3 N–H and O–H groups in total. The minimum absolute atomic E-state index is 0.181. The van der Waals surface area contributed by atoms with E-state index in [0.717, 1.165) is 61.0 Å². The minimum Gasteiger partial charge on any atom is -0.307 e. The number of amides is 3. The van der Waals surface area contributed by atoms with Gasteiger partial charge in [-0.15, -0.1) is 10.2 Å². The van der Waals surface area contributed by atoms with Crippen LogP contribution in [0.3, 0.4) is 0 Å². The second-order valence-corrected chi connectivity index (χ2v) is 10.6. The number of hydrogen-bond donors (Lipinski definition) is 3. The SMILES string of the molecule is O=C(NNC(=O)c1cc2c(nn1)-c1ccccc1CCC2)Nc1ccc2c(c1)CCC(N1CCCC1)CC2. The van der Waals surface area contributed by atoms with Crippen LogP contribution in [-0.4, -0.2) is 46.2 Å². The number of likely N-dealkylation sites (tertiary alicyclic amines) is 1. The van der Waals surface area contributed by atoms with E-state index in [2.05, 4.69) is 49.5 Å². The van der Waals surface area contributed by atoms with E-state index < -0.39 is 11.9 Å². The Kier molecular flexibility index (Phi) is 7.05. The average molecular weight is 511 g/mol. The molecule has 0 saturated carbocycles. The fraction of sp³-hybridized carbons (Fsp3) is 0.400. The summed E-state index contributed by atoms with van der Waals surface area (Å²) in [5.41, 5.74) is 12.6. The Balaban J connectivity index is 1.05. The van der Waals surface area contributed by atoms with Crippen LogP contribution in [0.15, 0.2) is 48.5 Å². The van der Waals surface area contributed by atoms with Crippen molar-refractivity contribution in [3.63, 3.8) is 0 Å². The number of aryl methyl sites for hydroxylation is 4. The topological polar surface area (TPSA) is 99.2 Å². The molecule has 8 heteroatoms. The highest BCUT2D eigenvalue weighted by Gasteiger charge is 2.24. The van der Waals surface area contributed by atoms with Crippen LogP contribution >= 0.6 is 0 Å². The van der Waals surface area contributed by atoms with Crippen molar-refractivity contribution < 1.29 is 9.59 Å². The van der Waals surface area contributed by atoms with E-state index in [1.165, 1.54) is 49.0 Å². The van der Waals surface area contributed by atoms with Gasteiger partial charge in [-0.2, -0.15) is 0 Å². The molecular weight excluding hydrogens is 476 g/mol. The highest BCUT2D eigenvalue weighted by Crippen LogP contribution is 2.31. The Morgan fingerprint density at radius 2 is 1.55 bits per heavy atom. The fourth-order valence-electron chi connectivity index (χ4n) is 6.18. The molecule has 2 aliphatic carbocycles. The molecule has 1 unspecified atom stereocenters. The molecular formula is C30H34N6O2. The summed E-state index contributed by atoms with van der Waals surface area (Å²) in [6.45, 7) is 2.45. The number of urea groups is 1. The number of rotatable bonds is 3. The largest absolute Gasteiger partial charge is 0.337 e. The van der Waals surface area contributed by atoms with E-state index in [-0.39, 0.29) is 5.69 Å². The normalized spacial score (nSPS) is 18.8. The van der Waals surface area contributed by atoms with E-state index in [4.69, 9.17) is 0 Å². The quantitative estimate of drug-likeness (QED) is 0.357. The van der Waals surface area contributed by atoms with Crippen LogP contribution in [0.5, 0.6) is 0 Å². The standard InChI is InChI=1S/C30H34N6O2/c37-29(27-19-23-8-5-7-21-6-1-2-9-26(21)28(23)33-32-27)34-35-30(38)31-24-13-10-20-11-14-25(15-12-22(20)18-24)36-16-3-4-17-36/h1-2,6,9-10,13,18-19,25H,3-5,7-8,11-12,14-17H2,(H,34,37)(H2,31,35,38). The van der Waals surface area contributed by atoms with Crippen molar-refractivity contribution in [1.29, 1.82) is 0 Å². The number of benzene rings is 2. The summed E-state index contributed by atoms with van der Waals surface area (Å²) in [4.78, 5) is 27.9. The van der Waals surface area contributed by atoms with Gasteiger partial charge in [0, 0.05) is 17.3 Å². The first-order valence-corrected chi connectivity index (χ1v) is 13.8. The Bertz CT molecular complexity index is 1350. The van der Waals surface area contributed by atoms with Gasteiger partial charge in [-0.25, -0.2) is 10.2 Å². The number of aromatic nitrogens is 2. The van der Waals surface area contributed by atoms with Crippen molar-refractivity contribution in [3.05, 3.63) is 76.5 Å². The number of nitrogens with one attached hydrogen (secondary N) is 3. The van der Waals surface area contributed by atoms with E-state index in [1.807, 2.05) is 24.3 Å². The van der Waals surface area contributed by atoms with Gasteiger partial charge in [0.25, 0.3) is 5.91 Å². The van der Waals surface area contributed by atoms with Gasteiger partial charge in [0.1, 0.15) is 0 Å². The molecule has 3 amide bonds. The van der Waals surface area contributed by atoms with Crippen molar-refractivity contribution in [2.45, 2.75) is 63.8 Å². The molecule has 38 heavy (non-hydrogen) atoms. The van der Waals surface area contributed by atoms with E-state index in [9.17, 15) is 9.59 Å². The van der Waals surface area contributed by atoms with E-state index in [0.29, 0.717) is 6.04 Å². The smallest absolute Gasteiger partial charge is 0.307 e. The molecule has 3 aliphatic rings. The summed E-state index contributed by atoms with van der Waals surface area (Å²) in [6.07, 6.45) is 9.86. The Hall–Kier alpha value is -3.78. The molecule has 1 aromatic heterocycles. The third-order valence-corrected chi connectivity index (χ3v) is 8.17. The van der Waals surface area contributed by atoms with Gasteiger partial charge in [-0.3, -0.25) is 10.2 Å². The predicted molar refractivity (Wildman–Crippen MR) is 147 cm³/mol. The van der Waals surface area contributed by atoms with Crippen molar-refractivity contribution >= 4 is 17.6 Å². The number of carbonyl (C=O) groups is 2. The highest BCUT2D eigenvalue weighted by atomic mass is 16.2. The maximum absolute atomic E-state index is 12.7. The van der Waals surface area contributed by atoms with Crippen molar-refractivity contribution in [3.8, 4) is 11.3 Å². The summed E-state index contributed by atoms with van der Waals surface area (Å²) in [5, 5.41) is 11.4. The number of hydrogen-bond acceptors (Lipinski definition) is 5. The highest BCUT2D eigenvalue weighted by molar-refractivity contribution is 5.96. The molecule has 196 valence electrons. The number of carbonyl (C=O) groups excluding carboxylic acids is 2. The average Bonchev–Trinajstić information content (AvgIpc) is 3.31. The summed E-state index contributed by atoms with van der Waals surface area (Å²) >= 11 is 0. The molecule has 2 heterocycles. The van der Waals surface area contributed by atoms with Crippen LogP contribution in [-0.2, 0) is 25.7 Å². The lowest BCUT2D eigenvalue weighted by Crippen LogP contribution is -2.44. The van der Waals surface area contributed by atoms with Gasteiger partial charge in [-0.1, -0.05) is 30.3 Å². The van der Waals surface area contributed by atoms with Gasteiger partial charge in [0.15, 0.2) is 5.69 Å². The summed E-state index contributed by atoms with van der Waals surface area (Å²) in [5.74, 6) is -0.497. The number of nitrogens with zero attached hydrogens (tertiary/aromatic N) is 3. The number of fused-ring (bicyclic) bond motifs is 4. The van der Waals surface area contributed by atoms with E-state index >= 15 is 0 Å². The number of hydrazine groups is 1. The zero-order chi connectivity index (χ0) is 25.9. The second kappa shape index (κ2) is 10.9. The first-order valence-electron chi connectivity index (χ1n) is 13.8. The van der Waals surface area contributed by atoms with Crippen LogP contribution in [0.25, 0.3) is 11.3 Å². The van der Waals surface area contributed by atoms with Crippen LogP contribution in [0.4, 0.5) is 10.5 Å². The first kappa shape index (κ1) is 24.6. The first-order chi connectivity index (χ1) is 18.6. The second-order valence-electron chi connectivity index (χ2n) is 10.6. The molecule has 1 aliphatic heterocycles. The summed E-state index contributed by atoms with van der Waals surface area (Å²) in [7, 11) is 0. The van der Waals surface area contributed by atoms with Crippen molar-refractivity contribution in [2.75, 3.05) is 18.4 Å². The van der Waals surface area contributed by atoms with Crippen molar-refractivity contribution in [1.82, 2.24) is 25.9 Å². The van der Waals surface area contributed by atoms with Crippen LogP contribution in [0.1, 0.15) is 64.8 Å². The van der Waals surface area contributed by atoms with Gasteiger partial charge >= 0.3 is 6.03 Å². The molecule has 1 fully saturated rings. The zero-order valence-electron chi connectivity index (χ0n) is 21.6. The van der Waals surface area contributed by atoms with Crippen LogP contribution < -0.4 is 16.2 Å². The Labute approximate surface area is 223 Å². The molecule has 0 spiro atoms. The molecule has 0 radical (unpaired) electrons. The van der Waals surface area contributed by atoms with Gasteiger partial charge in [0.05, 0.1) is 5.69 Å².